The maximum absolute atomic E-state index is 10.6. The fraction of sp³-hybridized carbons (Fsp3) is 0.385. The molecule has 0 spiro atoms. The van der Waals surface area contributed by atoms with E-state index in [2.05, 4.69) is 16.8 Å². The molecule has 0 aromatic carbocycles. The van der Waals surface area contributed by atoms with E-state index in [0.29, 0.717) is 5.56 Å². The molecule has 0 bridgehead atoms. The van der Waals surface area contributed by atoms with Crippen LogP contribution < -0.4 is 0 Å². The van der Waals surface area contributed by atoms with Crippen LogP contribution in [0.2, 0.25) is 0 Å². The second-order valence-electron chi connectivity index (χ2n) is 3.87. The highest BCUT2D eigenvalue weighted by atomic mass is 16.1. The molecule has 0 atom stereocenters. The maximum Gasteiger partial charge on any atom is 0.150 e. The Hall–Kier alpha value is -1.62. The molecule has 2 heteroatoms. The first kappa shape index (κ1) is 11.5. The molecule has 2 nitrogen and oxygen atoms in total. The molecule has 0 aliphatic heterocycles. The fourth-order valence-electron chi connectivity index (χ4n) is 1.24. The van der Waals surface area contributed by atoms with E-state index in [9.17, 15) is 4.79 Å². The van der Waals surface area contributed by atoms with Crippen molar-refractivity contribution in [2.45, 2.75) is 32.6 Å². The predicted molar refractivity (Wildman–Crippen MR) is 60.7 cm³/mol. The van der Waals surface area contributed by atoms with Crippen LogP contribution in [0.15, 0.2) is 18.3 Å². The summed E-state index contributed by atoms with van der Waals surface area (Å²) in [5, 5.41) is 0. The van der Waals surface area contributed by atoms with Gasteiger partial charge in [-0.15, -0.1) is 5.92 Å². The molecule has 0 unspecified atom stereocenters. The van der Waals surface area contributed by atoms with Gasteiger partial charge in [-0.2, -0.15) is 0 Å². The van der Waals surface area contributed by atoms with Gasteiger partial charge in [0.2, 0.25) is 0 Å². The van der Waals surface area contributed by atoms with Crippen LogP contribution in [0.3, 0.4) is 0 Å². The Balaban J connectivity index is 3.08. The van der Waals surface area contributed by atoms with Gasteiger partial charge in [-0.3, -0.25) is 9.78 Å². The van der Waals surface area contributed by atoms with Crippen molar-refractivity contribution in [1.29, 1.82) is 0 Å². The SMILES string of the molecule is CCC#CC(C)(C)c1cc(C=O)ccn1. The number of aromatic nitrogens is 1. The second-order valence-corrected chi connectivity index (χ2v) is 3.87. The van der Waals surface area contributed by atoms with E-state index in [1.807, 2.05) is 20.8 Å². The van der Waals surface area contributed by atoms with E-state index in [1.54, 1.807) is 18.3 Å². The summed E-state index contributed by atoms with van der Waals surface area (Å²) in [6.45, 7) is 6.03. The quantitative estimate of drug-likeness (QED) is 0.543. The Morgan fingerprint density at radius 3 is 2.87 bits per heavy atom. The van der Waals surface area contributed by atoms with E-state index in [4.69, 9.17) is 0 Å². The van der Waals surface area contributed by atoms with Crippen molar-refractivity contribution in [2.24, 2.45) is 0 Å². The summed E-state index contributed by atoms with van der Waals surface area (Å²) >= 11 is 0. The molecule has 0 saturated carbocycles. The first-order chi connectivity index (χ1) is 7.10. The van der Waals surface area contributed by atoms with Crippen LogP contribution in [-0.4, -0.2) is 11.3 Å². The summed E-state index contributed by atoms with van der Waals surface area (Å²) in [5.74, 6) is 6.19. The van der Waals surface area contributed by atoms with Crippen molar-refractivity contribution in [3.63, 3.8) is 0 Å². The molecule has 1 heterocycles. The zero-order chi connectivity index (χ0) is 11.3. The first-order valence-electron chi connectivity index (χ1n) is 5.02. The predicted octanol–water partition coefficient (Wildman–Crippen LogP) is 2.59. The van der Waals surface area contributed by atoms with Crippen LogP contribution >= 0.6 is 0 Å². The highest BCUT2D eigenvalue weighted by Gasteiger charge is 2.19. The minimum Gasteiger partial charge on any atom is -0.298 e. The fourth-order valence-corrected chi connectivity index (χ4v) is 1.24. The van der Waals surface area contributed by atoms with Crippen molar-refractivity contribution in [3.05, 3.63) is 29.6 Å². The highest BCUT2D eigenvalue weighted by molar-refractivity contribution is 5.74. The minimum absolute atomic E-state index is 0.297. The topological polar surface area (TPSA) is 30.0 Å². The van der Waals surface area contributed by atoms with Crippen molar-refractivity contribution in [3.8, 4) is 11.8 Å². The van der Waals surface area contributed by atoms with E-state index >= 15 is 0 Å². The molecule has 0 aliphatic carbocycles. The van der Waals surface area contributed by atoms with Gasteiger partial charge in [-0.1, -0.05) is 12.8 Å². The van der Waals surface area contributed by atoms with Crippen LogP contribution in [0.4, 0.5) is 0 Å². The summed E-state index contributed by atoms with van der Waals surface area (Å²) in [4.78, 5) is 14.9. The van der Waals surface area contributed by atoms with Gasteiger partial charge >= 0.3 is 0 Å². The lowest BCUT2D eigenvalue weighted by atomic mass is 9.89. The summed E-state index contributed by atoms with van der Waals surface area (Å²) in [6.07, 6.45) is 3.31. The normalized spacial score (nSPS) is 10.3. The number of carbonyl (C=O) groups excluding carboxylic acids is 1. The van der Waals surface area contributed by atoms with E-state index in [0.717, 1.165) is 18.4 Å². The van der Waals surface area contributed by atoms with Crippen LogP contribution in [0.25, 0.3) is 0 Å². The lowest BCUT2D eigenvalue weighted by Crippen LogP contribution is -2.16. The standard InChI is InChI=1S/C13H15NO/c1-4-5-7-13(2,3)12-9-11(10-15)6-8-14-12/h6,8-10H,4H2,1-3H3. The lowest BCUT2D eigenvalue weighted by Gasteiger charge is -2.16. The van der Waals surface area contributed by atoms with E-state index in [-0.39, 0.29) is 5.41 Å². The van der Waals surface area contributed by atoms with Gasteiger partial charge in [0.1, 0.15) is 6.29 Å². The van der Waals surface area contributed by atoms with Crippen molar-refractivity contribution >= 4 is 6.29 Å². The largest absolute Gasteiger partial charge is 0.298 e. The average molecular weight is 201 g/mol. The first-order valence-corrected chi connectivity index (χ1v) is 5.02. The number of hydrogen-bond acceptors (Lipinski definition) is 2. The number of nitrogens with zero attached hydrogens (tertiary/aromatic N) is 1. The molecule has 15 heavy (non-hydrogen) atoms. The van der Waals surface area contributed by atoms with Gasteiger partial charge in [0, 0.05) is 18.2 Å². The molecule has 78 valence electrons. The third-order valence-electron chi connectivity index (χ3n) is 2.14. The molecule has 1 aromatic heterocycles. The van der Waals surface area contributed by atoms with E-state index in [1.165, 1.54) is 0 Å². The number of rotatable bonds is 2. The maximum atomic E-state index is 10.6. The Kier molecular flexibility index (Phi) is 3.62. The number of pyridine rings is 1. The summed E-state index contributed by atoms with van der Waals surface area (Å²) < 4.78 is 0. The van der Waals surface area contributed by atoms with Gasteiger partial charge in [0.25, 0.3) is 0 Å². The number of hydrogen-bond donors (Lipinski definition) is 0. The molecule has 1 rings (SSSR count). The van der Waals surface area contributed by atoms with Gasteiger partial charge in [-0.05, 0) is 26.0 Å². The molecule has 0 fully saturated rings. The highest BCUT2D eigenvalue weighted by Crippen LogP contribution is 2.20. The molecule has 0 radical (unpaired) electrons. The van der Waals surface area contributed by atoms with Gasteiger partial charge < -0.3 is 0 Å². The summed E-state index contributed by atoms with van der Waals surface area (Å²) in [6, 6.07) is 3.48. The summed E-state index contributed by atoms with van der Waals surface area (Å²) in [7, 11) is 0. The third kappa shape index (κ3) is 2.92. The Bertz CT molecular complexity index is 410. The molecule has 0 aliphatic rings. The third-order valence-corrected chi connectivity index (χ3v) is 2.14. The van der Waals surface area contributed by atoms with E-state index < -0.39 is 0 Å². The number of carbonyl (C=O) groups is 1. The molecule has 0 N–H and O–H groups in total. The molecule has 0 amide bonds. The van der Waals surface area contributed by atoms with Gasteiger partial charge in [0.15, 0.2) is 0 Å². The molecular formula is C13H15NO. The van der Waals surface area contributed by atoms with Crippen LogP contribution in [0.5, 0.6) is 0 Å². The molecule has 1 aromatic rings. The zero-order valence-corrected chi connectivity index (χ0v) is 9.37. The van der Waals surface area contributed by atoms with Gasteiger partial charge in [0.05, 0.1) is 11.1 Å². The van der Waals surface area contributed by atoms with Crippen LogP contribution in [0, 0.1) is 11.8 Å². The molecule has 0 saturated heterocycles. The smallest absolute Gasteiger partial charge is 0.150 e. The Labute approximate surface area is 90.7 Å². The van der Waals surface area contributed by atoms with Crippen LogP contribution in [0.1, 0.15) is 43.2 Å². The van der Waals surface area contributed by atoms with Crippen LogP contribution in [-0.2, 0) is 5.41 Å². The molecular weight excluding hydrogens is 186 g/mol. The van der Waals surface area contributed by atoms with Crippen molar-refractivity contribution < 1.29 is 4.79 Å². The monoisotopic (exact) mass is 201 g/mol. The minimum atomic E-state index is -0.297. The van der Waals surface area contributed by atoms with Gasteiger partial charge in [-0.25, -0.2) is 0 Å². The summed E-state index contributed by atoms with van der Waals surface area (Å²) in [5.41, 5.74) is 1.19. The van der Waals surface area contributed by atoms with Crippen molar-refractivity contribution in [1.82, 2.24) is 4.98 Å². The second kappa shape index (κ2) is 4.75. The Morgan fingerprint density at radius 1 is 1.53 bits per heavy atom. The number of aldehydes is 1. The lowest BCUT2D eigenvalue weighted by molar-refractivity contribution is 0.112. The Morgan fingerprint density at radius 2 is 2.27 bits per heavy atom. The average Bonchev–Trinajstić information content (AvgIpc) is 2.26. The zero-order valence-electron chi connectivity index (χ0n) is 9.37. The van der Waals surface area contributed by atoms with Crippen molar-refractivity contribution in [2.75, 3.05) is 0 Å².